The number of guanidine groups is 1. The molecule has 7 nitrogen and oxygen atoms in total. The number of ether oxygens (including phenoxy) is 1. The van der Waals surface area contributed by atoms with Crippen LogP contribution in [-0.4, -0.2) is 29.8 Å². The van der Waals surface area contributed by atoms with E-state index in [1.807, 2.05) is 13.0 Å². The van der Waals surface area contributed by atoms with E-state index in [0.717, 1.165) is 5.69 Å². The first-order chi connectivity index (χ1) is 13.2. The van der Waals surface area contributed by atoms with Crippen molar-refractivity contribution in [1.29, 1.82) is 0 Å². The topological polar surface area (TPSA) is 102 Å². The van der Waals surface area contributed by atoms with Crippen molar-refractivity contribution in [3.63, 3.8) is 0 Å². The Morgan fingerprint density at radius 2 is 1.93 bits per heavy atom. The lowest BCUT2D eigenvalue weighted by Gasteiger charge is -2.09. The van der Waals surface area contributed by atoms with E-state index in [9.17, 15) is 18.0 Å². The predicted octanol–water partition coefficient (Wildman–Crippen LogP) is 2.72. The first-order valence-corrected chi connectivity index (χ1v) is 8.33. The summed E-state index contributed by atoms with van der Waals surface area (Å²) in [6.45, 7) is 2.27. The molecule has 10 heteroatoms. The molecule has 2 rings (SSSR count). The van der Waals surface area contributed by atoms with Crippen molar-refractivity contribution in [1.82, 2.24) is 10.3 Å². The molecule has 1 amide bonds. The Balaban J connectivity index is 1.73. The number of hydrogen-bond acceptors (Lipinski definition) is 4. The fourth-order valence-corrected chi connectivity index (χ4v) is 2.15. The van der Waals surface area contributed by atoms with E-state index in [4.69, 9.17) is 5.73 Å². The average Bonchev–Trinajstić information content (AvgIpc) is 2.60. The molecular formula is C18H20F3N5O2. The van der Waals surface area contributed by atoms with E-state index in [1.165, 1.54) is 24.3 Å². The third kappa shape index (κ3) is 7.94. The lowest BCUT2D eigenvalue weighted by Crippen LogP contribution is -2.34. The maximum absolute atomic E-state index is 12.1. The Bertz CT molecular complexity index is 823. The molecule has 0 aliphatic heterocycles. The fraction of sp³-hybridized carbons (Fsp3) is 0.278. The molecule has 0 radical (unpaired) electrons. The summed E-state index contributed by atoms with van der Waals surface area (Å²) in [7, 11) is 0. The minimum atomic E-state index is -4.73. The van der Waals surface area contributed by atoms with Gasteiger partial charge in [0, 0.05) is 18.7 Å². The summed E-state index contributed by atoms with van der Waals surface area (Å²) in [5, 5.41) is 5.47. The zero-order chi connectivity index (χ0) is 20.6. The van der Waals surface area contributed by atoms with Crippen molar-refractivity contribution in [3.8, 4) is 5.75 Å². The summed E-state index contributed by atoms with van der Waals surface area (Å²) in [6, 6.07) is 10.6. The van der Waals surface area contributed by atoms with Crippen molar-refractivity contribution in [2.75, 3.05) is 11.9 Å². The molecule has 1 heterocycles. The molecule has 0 unspecified atom stereocenters. The largest absolute Gasteiger partial charge is 0.573 e. The third-order valence-electron chi connectivity index (χ3n) is 3.40. The number of nitrogens with two attached hydrogens (primary N) is 1. The quantitative estimate of drug-likeness (QED) is 0.494. The lowest BCUT2D eigenvalue weighted by atomic mass is 10.2. The Hall–Kier alpha value is -3.30. The van der Waals surface area contributed by atoms with Gasteiger partial charge >= 0.3 is 6.36 Å². The molecule has 0 saturated carbocycles. The number of nitrogens with one attached hydrogen (secondary N) is 2. The molecule has 4 N–H and O–H groups in total. The second kappa shape index (κ2) is 9.58. The van der Waals surface area contributed by atoms with Gasteiger partial charge in [-0.2, -0.15) is 0 Å². The van der Waals surface area contributed by atoms with E-state index in [0.29, 0.717) is 11.4 Å². The maximum atomic E-state index is 12.1. The van der Waals surface area contributed by atoms with Gasteiger partial charge in [0.1, 0.15) is 11.6 Å². The SMILES string of the molecule is Cc1cccc(NC(=O)CCNC(N)=NCc2ccc(OC(F)(F)F)cc2)n1. The number of aliphatic imine (C=N–C) groups is 1. The predicted molar refractivity (Wildman–Crippen MR) is 98.7 cm³/mol. The maximum Gasteiger partial charge on any atom is 0.573 e. The third-order valence-corrected chi connectivity index (χ3v) is 3.40. The van der Waals surface area contributed by atoms with Crippen molar-refractivity contribution >= 4 is 17.7 Å². The van der Waals surface area contributed by atoms with Crippen LogP contribution in [0, 0.1) is 6.92 Å². The van der Waals surface area contributed by atoms with Gasteiger partial charge in [0.05, 0.1) is 6.54 Å². The van der Waals surface area contributed by atoms with Crippen LogP contribution in [0.3, 0.4) is 0 Å². The zero-order valence-electron chi connectivity index (χ0n) is 15.1. The molecule has 0 saturated heterocycles. The van der Waals surface area contributed by atoms with Crippen molar-refractivity contribution in [2.24, 2.45) is 10.7 Å². The summed E-state index contributed by atoms with van der Waals surface area (Å²) in [6.07, 6.45) is -4.56. The minimum Gasteiger partial charge on any atom is -0.406 e. The van der Waals surface area contributed by atoms with Crippen LogP contribution in [0.1, 0.15) is 17.7 Å². The van der Waals surface area contributed by atoms with E-state index >= 15 is 0 Å². The van der Waals surface area contributed by atoms with Gasteiger partial charge in [-0.1, -0.05) is 18.2 Å². The van der Waals surface area contributed by atoms with Crippen LogP contribution >= 0.6 is 0 Å². The Morgan fingerprint density at radius 3 is 2.57 bits per heavy atom. The molecule has 0 fully saturated rings. The van der Waals surface area contributed by atoms with Crippen LogP contribution in [0.4, 0.5) is 19.0 Å². The number of aryl methyl sites for hydroxylation is 1. The highest BCUT2D eigenvalue weighted by atomic mass is 19.4. The molecular weight excluding hydrogens is 375 g/mol. The monoisotopic (exact) mass is 395 g/mol. The Labute approximate surface area is 159 Å². The summed E-state index contributed by atoms with van der Waals surface area (Å²) in [4.78, 5) is 20.1. The summed E-state index contributed by atoms with van der Waals surface area (Å²) >= 11 is 0. The highest BCUT2D eigenvalue weighted by Crippen LogP contribution is 2.22. The van der Waals surface area contributed by atoms with Gasteiger partial charge in [0.15, 0.2) is 5.96 Å². The highest BCUT2D eigenvalue weighted by molar-refractivity contribution is 5.90. The molecule has 1 aromatic heterocycles. The number of benzene rings is 1. The second-order valence-electron chi connectivity index (χ2n) is 5.78. The van der Waals surface area contributed by atoms with Gasteiger partial charge in [0.25, 0.3) is 0 Å². The van der Waals surface area contributed by atoms with Crippen LogP contribution in [-0.2, 0) is 11.3 Å². The van der Waals surface area contributed by atoms with E-state index < -0.39 is 6.36 Å². The molecule has 28 heavy (non-hydrogen) atoms. The molecule has 0 aliphatic carbocycles. The van der Waals surface area contributed by atoms with E-state index in [2.05, 4.69) is 25.3 Å². The van der Waals surface area contributed by atoms with Crippen molar-refractivity contribution in [3.05, 3.63) is 53.7 Å². The number of halogens is 3. The lowest BCUT2D eigenvalue weighted by molar-refractivity contribution is -0.274. The molecule has 1 aromatic carbocycles. The summed E-state index contributed by atoms with van der Waals surface area (Å²) in [5.41, 5.74) is 7.17. The second-order valence-corrected chi connectivity index (χ2v) is 5.78. The minimum absolute atomic E-state index is 0.122. The van der Waals surface area contributed by atoms with Gasteiger partial charge in [-0.3, -0.25) is 4.79 Å². The van der Waals surface area contributed by atoms with Crippen LogP contribution in [0.15, 0.2) is 47.5 Å². The van der Waals surface area contributed by atoms with Gasteiger partial charge in [-0.15, -0.1) is 13.2 Å². The van der Waals surface area contributed by atoms with Gasteiger partial charge in [-0.05, 0) is 36.8 Å². The number of hydrogen-bond donors (Lipinski definition) is 3. The smallest absolute Gasteiger partial charge is 0.406 e. The number of carbonyl (C=O) groups excluding carboxylic acids is 1. The highest BCUT2D eigenvalue weighted by Gasteiger charge is 2.30. The normalized spacial score (nSPS) is 11.8. The van der Waals surface area contributed by atoms with Crippen molar-refractivity contribution < 1.29 is 22.7 Å². The molecule has 0 bridgehead atoms. The molecule has 0 aliphatic rings. The number of nitrogens with zero attached hydrogens (tertiary/aromatic N) is 2. The number of aromatic nitrogens is 1. The summed E-state index contributed by atoms with van der Waals surface area (Å²) in [5.74, 6) is 0.0702. The fourth-order valence-electron chi connectivity index (χ4n) is 2.15. The van der Waals surface area contributed by atoms with E-state index in [1.54, 1.807) is 12.1 Å². The first kappa shape index (κ1) is 21.0. The number of rotatable bonds is 7. The first-order valence-electron chi connectivity index (χ1n) is 8.33. The van der Waals surface area contributed by atoms with E-state index in [-0.39, 0.29) is 37.1 Å². The number of alkyl halides is 3. The number of pyridine rings is 1. The molecule has 0 spiro atoms. The standard InChI is InChI=1S/C18H20F3N5O2/c1-12-3-2-4-15(25-12)26-16(27)9-10-23-17(22)24-11-13-5-7-14(8-6-13)28-18(19,20)21/h2-8H,9-11H2,1H3,(H3,22,23,24)(H,25,26,27). The van der Waals surface area contributed by atoms with Crippen LogP contribution in [0.25, 0.3) is 0 Å². The number of anilines is 1. The van der Waals surface area contributed by atoms with Gasteiger partial charge < -0.3 is 21.1 Å². The van der Waals surface area contributed by atoms with Gasteiger partial charge in [-0.25, -0.2) is 9.98 Å². The summed E-state index contributed by atoms with van der Waals surface area (Å²) < 4.78 is 40.1. The van der Waals surface area contributed by atoms with Crippen LogP contribution in [0.2, 0.25) is 0 Å². The Morgan fingerprint density at radius 1 is 1.21 bits per heavy atom. The molecule has 0 atom stereocenters. The van der Waals surface area contributed by atoms with Crippen LogP contribution < -0.4 is 21.1 Å². The van der Waals surface area contributed by atoms with Crippen molar-refractivity contribution in [2.45, 2.75) is 26.3 Å². The number of carbonyl (C=O) groups is 1. The number of amides is 1. The molecule has 2 aromatic rings. The average molecular weight is 395 g/mol. The Kier molecular flexibility index (Phi) is 7.19. The molecule has 150 valence electrons. The zero-order valence-corrected chi connectivity index (χ0v) is 15.1. The van der Waals surface area contributed by atoms with Crippen LogP contribution in [0.5, 0.6) is 5.75 Å². The van der Waals surface area contributed by atoms with Gasteiger partial charge in [0.2, 0.25) is 5.91 Å².